The third kappa shape index (κ3) is 5.47. The quantitative estimate of drug-likeness (QED) is 0.145. The Labute approximate surface area is 205 Å². The van der Waals surface area contributed by atoms with E-state index in [9.17, 15) is 4.79 Å². The van der Waals surface area contributed by atoms with E-state index in [1.54, 1.807) is 0 Å². The van der Waals surface area contributed by atoms with E-state index in [1.165, 1.54) is 32.9 Å². The summed E-state index contributed by atoms with van der Waals surface area (Å²) in [5, 5.41) is 2.55. The lowest BCUT2D eigenvalue weighted by Crippen LogP contribution is -2.23. The number of carbonyl (C=O) groups is 1. The minimum atomic E-state index is -0.0641. The molecule has 2 aromatic heterocycles. The third-order valence-electron chi connectivity index (χ3n) is 6.66. The standard InChI is InChI=1S/C30H31N3O2/c34-30(33-35-21-22-11-3-1-4-12-22)18-6-2-5-13-23(26-19-31-28-16-9-7-14-24(26)28)27-20-32-29-17-10-8-15-25(27)29/h1,3-4,7-12,14-17,19-20,23,31-32H,2,5-6,13,18,21H2,(H,33,34). The first kappa shape index (κ1) is 22.9. The summed E-state index contributed by atoms with van der Waals surface area (Å²) in [4.78, 5) is 24.4. The van der Waals surface area contributed by atoms with Crippen molar-refractivity contribution in [2.24, 2.45) is 0 Å². The summed E-state index contributed by atoms with van der Waals surface area (Å²) in [6.45, 7) is 0.378. The van der Waals surface area contributed by atoms with Crippen molar-refractivity contribution < 1.29 is 9.63 Å². The van der Waals surface area contributed by atoms with Crippen molar-refractivity contribution in [2.45, 2.75) is 44.6 Å². The number of fused-ring (bicyclic) bond motifs is 2. The molecule has 1 amide bonds. The van der Waals surface area contributed by atoms with Crippen molar-refractivity contribution in [1.82, 2.24) is 15.4 Å². The number of aromatic amines is 2. The predicted molar refractivity (Wildman–Crippen MR) is 141 cm³/mol. The molecule has 5 aromatic rings. The highest BCUT2D eigenvalue weighted by Gasteiger charge is 2.21. The Hall–Kier alpha value is -3.83. The van der Waals surface area contributed by atoms with Gasteiger partial charge in [-0.15, -0.1) is 0 Å². The first-order valence-corrected chi connectivity index (χ1v) is 12.4. The number of rotatable bonds is 11. The maximum absolute atomic E-state index is 12.2. The molecule has 3 N–H and O–H groups in total. The van der Waals surface area contributed by atoms with E-state index in [-0.39, 0.29) is 11.8 Å². The van der Waals surface area contributed by atoms with E-state index in [2.05, 4.69) is 76.4 Å². The van der Waals surface area contributed by atoms with Crippen LogP contribution in [0.5, 0.6) is 0 Å². The number of amides is 1. The average Bonchev–Trinajstić information content (AvgIpc) is 3.52. The van der Waals surface area contributed by atoms with Gasteiger partial charge in [0.15, 0.2) is 0 Å². The molecule has 178 valence electrons. The van der Waals surface area contributed by atoms with Crippen molar-refractivity contribution in [3.63, 3.8) is 0 Å². The average molecular weight is 466 g/mol. The molecule has 0 unspecified atom stereocenters. The van der Waals surface area contributed by atoms with Crippen LogP contribution in [-0.4, -0.2) is 15.9 Å². The summed E-state index contributed by atoms with van der Waals surface area (Å²) in [7, 11) is 0. The summed E-state index contributed by atoms with van der Waals surface area (Å²) in [6, 6.07) is 26.8. The SMILES string of the molecule is O=C(CCCCCC(c1c[nH]c2ccccc12)c1c[nH]c2ccccc12)NOCc1ccccc1. The molecule has 3 aromatic carbocycles. The molecule has 5 nitrogen and oxygen atoms in total. The summed E-state index contributed by atoms with van der Waals surface area (Å²) in [5.74, 6) is 0.219. The largest absolute Gasteiger partial charge is 0.361 e. The Kier molecular flexibility index (Phi) is 7.25. The number of carbonyl (C=O) groups excluding carboxylic acids is 1. The second-order valence-corrected chi connectivity index (χ2v) is 9.03. The number of hydrogen-bond acceptors (Lipinski definition) is 2. The highest BCUT2D eigenvalue weighted by Crippen LogP contribution is 2.38. The summed E-state index contributed by atoms with van der Waals surface area (Å²) < 4.78 is 0. The van der Waals surface area contributed by atoms with Crippen LogP contribution < -0.4 is 5.48 Å². The molecule has 0 radical (unpaired) electrons. The van der Waals surface area contributed by atoms with Crippen LogP contribution in [-0.2, 0) is 16.2 Å². The zero-order valence-electron chi connectivity index (χ0n) is 19.8. The van der Waals surface area contributed by atoms with Crippen molar-refractivity contribution in [2.75, 3.05) is 0 Å². The highest BCUT2D eigenvalue weighted by molar-refractivity contribution is 5.88. The summed E-state index contributed by atoms with van der Waals surface area (Å²) in [5.41, 5.74) is 8.60. The molecule has 0 aliphatic heterocycles. The first-order chi connectivity index (χ1) is 17.3. The molecule has 0 atom stereocenters. The first-order valence-electron chi connectivity index (χ1n) is 12.4. The fourth-order valence-electron chi connectivity index (χ4n) is 4.88. The molecule has 0 spiro atoms. The van der Waals surface area contributed by atoms with Crippen molar-refractivity contribution in [3.8, 4) is 0 Å². The molecule has 5 heteroatoms. The molecule has 0 saturated heterocycles. The van der Waals surface area contributed by atoms with Gasteiger partial charge in [0.05, 0.1) is 6.61 Å². The number of H-pyrrole nitrogens is 2. The summed E-state index contributed by atoms with van der Waals surface area (Å²) in [6.07, 6.45) is 8.70. The Bertz CT molecular complexity index is 1310. The third-order valence-corrected chi connectivity index (χ3v) is 6.66. The number of aromatic nitrogens is 2. The fourth-order valence-corrected chi connectivity index (χ4v) is 4.88. The number of unbranched alkanes of at least 4 members (excludes halogenated alkanes) is 2. The van der Waals surface area contributed by atoms with Crippen molar-refractivity contribution in [3.05, 3.63) is 108 Å². The second kappa shape index (κ2) is 11.1. The molecule has 0 aliphatic rings. The molecule has 0 saturated carbocycles. The molecule has 0 aliphatic carbocycles. The van der Waals surface area contributed by atoms with Gasteiger partial charge >= 0.3 is 0 Å². The number of para-hydroxylation sites is 2. The van der Waals surface area contributed by atoms with Gasteiger partial charge in [-0.3, -0.25) is 9.63 Å². The molecule has 2 heterocycles. The zero-order valence-corrected chi connectivity index (χ0v) is 19.8. The van der Waals surface area contributed by atoms with E-state index in [1.807, 2.05) is 30.3 Å². The molecule has 5 rings (SSSR count). The lowest BCUT2D eigenvalue weighted by atomic mass is 9.86. The van der Waals surface area contributed by atoms with Crippen LogP contribution in [0.4, 0.5) is 0 Å². The van der Waals surface area contributed by atoms with Gasteiger partial charge in [-0.1, -0.05) is 79.6 Å². The van der Waals surface area contributed by atoms with Crippen molar-refractivity contribution in [1.29, 1.82) is 0 Å². The van der Waals surface area contributed by atoms with E-state index in [0.29, 0.717) is 13.0 Å². The maximum Gasteiger partial charge on any atom is 0.243 e. The monoisotopic (exact) mass is 465 g/mol. The lowest BCUT2D eigenvalue weighted by Gasteiger charge is -2.17. The fraction of sp³-hybridized carbons (Fsp3) is 0.233. The topological polar surface area (TPSA) is 69.9 Å². The van der Waals surface area contributed by atoms with Gasteiger partial charge in [-0.2, -0.15) is 0 Å². The molecule has 35 heavy (non-hydrogen) atoms. The molecular weight excluding hydrogens is 434 g/mol. The maximum atomic E-state index is 12.2. The Morgan fingerprint density at radius 3 is 2.00 bits per heavy atom. The zero-order chi connectivity index (χ0) is 23.9. The molecule has 0 fully saturated rings. The van der Waals surface area contributed by atoms with Crippen molar-refractivity contribution >= 4 is 27.7 Å². The van der Waals surface area contributed by atoms with Gasteiger partial charge in [0, 0.05) is 46.5 Å². The summed E-state index contributed by atoms with van der Waals surface area (Å²) >= 11 is 0. The van der Waals surface area contributed by atoms with Gasteiger partial charge < -0.3 is 9.97 Å². The molecule has 0 bridgehead atoms. The number of benzene rings is 3. The van der Waals surface area contributed by atoms with Gasteiger partial charge in [0.2, 0.25) is 5.91 Å². The Balaban J connectivity index is 1.18. The van der Waals surface area contributed by atoms with Gasteiger partial charge in [0.25, 0.3) is 0 Å². The van der Waals surface area contributed by atoms with Crippen LogP contribution in [0, 0.1) is 0 Å². The van der Waals surface area contributed by atoms with E-state index < -0.39 is 0 Å². The lowest BCUT2D eigenvalue weighted by molar-refractivity contribution is -0.134. The van der Waals surface area contributed by atoms with Gasteiger partial charge in [-0.05, 0) is 41.7 Å². The van der Waals surface area contributed by atoms with E-state index in [4.69, 9.17) is 4.84 Å². The smallest absolute Gasteiger partial charge is 0.243 e. The Morgan fingerprint density at radius 2 is 1.34 bits per heavy atom. The second-order valence-electron chi connectivity index (χ2n) is 9.03. The number of hydroxylamine groups is 1. The van der Waals surface area contributed by atoms with Crippen LogP contribution in [0.15, 0.2) is 91.3 Å². The number of nitrogens with one attached hydrogen (secondary N) is 3. The minimum absolute atomic E-state index is 0.0641. The van der Waals surface area contributed by atoms with Crippen LogP contribution in [0.1, 0.15) is 54.7 Å². The van der Waals surface area contributed by atoms with Crippen LogP contribution >= 0.6 is 0 Å². The van der Waals surface area contributed by atoms with Gasteiger partial charge in [-0.25, -0.2) is 5.48 Å². The number of hydrogen-bond donors (Lipinski definition) is 3. The van der Waals surface area contributed by atoms with Gasteiger partial charge in [0.1, 0.15) is 0 Å². The highest BCUT2D eigenvalue weighted by atomic mass is 16.6. The Morgan fingerprint density at radius 1 is 0.743 bits per heavy atom. The molecular formula is C30H31N3O2. The normalized spacial score (nSPS) is 11.5. The minimum Gasteiger partial charge on any atom is -0.361 e. The van der Waals surface area contributed by atoms with E-state index >= 15 is 0 Å². The predicted octanol–water partition coefficient (Wildman–Crippen LogP) is 6.98. The van der Waals surface area contributed by atoms with Crippen LogP contribution in [0.25, 0.3) is 21.8 Å². The van der Waals surface area contributed by atoms with Crippen LogP contribution in [0.2, 0.25) is 0 Å². The van der Waals surface area contributed by atoms with Crippen LogP contribution in [0.3, 0.4) is 0 Å². The van der Waals surface area contributed by atoms with E-state index in [0.717, 1.165) is 31.2 Å².